The van der Waals surface area contributed by atoms with Crippen LogP contribution in [0, 0.1) is 10.1 Å². The molecule has 0 heterocycles. The number of ether oxygens (including phenoxy) is 1. The first-order valence-electron chi connectivity index (χ1n) is 5.88. The molecule has 112 valence electrons. The highest BCUT2D eigenvalue weighted by atomic mass is 32.2. The zero-order valence-electron chi connectivity index (χ0n) is 11.3. The predicted molar refractivity (Wildman–Crippen MR) is 73.8 cm³/mol. The Labute approximate surface area is 117 Å². The van der Waals surface area contributed by atoms with Crippen LogP contribution in [0.15, 0.2) is 23.1 Å². The average Bonchev–Trinajstić information content (AvgIpc) is 2.38. The summed E-state index contributed by atoms with van der Waals surface area (Å²) in [4.78, 5) is 9.77. The predicted octanol–water partition coefficient (Wildman–Crippen LogP) is 0.834. The van der Waals surface area contributed by atoms with E-state index < -0.39 is 14.9 Å². The van der Waals surface area contributed by atoms with Crippen molar-refractivity contribution in [3.63, 3.8) is 0 Å². The molecule has 0 saturated heterocycles. The minimum Gasteiger partial charge on any atom is -0.398 e. The van der Waals surface area contributed by atoms with Crippen LogP contribution in [0.5, 0.6) is 0 Å². The molecule has 8 nitrogen and oxygen atoms in total. The van der Waals surface area contributed by atoms with Crippen molar-refractivity contribution >= 4 is 21.4 Å². The zero-order chi connectivity index (χ0) is 15.3. The molecule has 0 radical (unpaired) electrons. The molecule has 1 rings (SSSR count). The highest BCUT2D eigenvalue weighted by Crippen LogP contribution is 2.26. The van der Waals surface area contributed by atoms with E-state index in [0.29, 0.717) is 6.61 Å². The van der Waals surface area contributed by atoms with Crippen molar-refractivity contribution in [3.05, 3.63) is 28.3 Å². The quantitative estimate of drug-likeness (QED) is 0.345. The lowest BCUT2D eigenvalue weighted by Gasteiger charge is -2.18. The molecule has 0 unspecified atom stereocenters. The van der Waals surface area contributed by atoms with Gasteiger partial charge in [0.1, 0.15) is 4.90 Å². The molecule has 1 aromatic rings. The molecule has 0 saturated carbocycles. The number of hydrogen-bond acceptors (Lipinski definition) is 6. The van der Waals surface area contributed by atoms with Crippen LogP contribution < -0.4 is 5.73 Å². The summed E-state index contributed by atoms with van der Waals surface area (Å²) in [5, 5.41) is 10.7. The Bertz CT molecular complexity index is 588. The van der Waals surface area contributed by atoms with Gasteiger partial charge >= 0.3 is 0 Å². The molecule has 0 atom stereocenters. The Hall–Kier alpha value is -1.71. The van der Waals surface area contributed by atoms with Crippen LogP contribution in [0.2, 0.25) is 0 Å². The Kier molecular flexibility index (Phi) is 5.43. The molecule has 0 spiro atoms. The molecule has 2 N–H and O–H groups in total. The maximum absolute atomic E-state index is 12.3. The first-order valence-corrected chi connectivity index (χ1v) is 7.32. The topological polar surface area (TPSA) is 116 Å². The number of nitrogen functional groups attached to an aromatic ring is 1. The lowest BCUT2D eigenvalue weighted by molar-refractivity contribution is -0.385. The SMILES string of the molecule is CCOCCN(C)S(=O)(=O)c1cc([N+](=O)[O-])ccc1N. The zero-order valence-corrected chi connectivity index (χ0v) is 12.1. The number of nitrogens with two attached hydrogens (primary N) is 1. The van der Waals surface area contributed by atoms with Gasteiger partial charge in [0.25, 0.3) is 5.69 Å². The summed E-state index contributed by atoms with van der Waals surface area (Å²) >= 11 is 0. The molecular formula is C11H17N3O5S. The minimum absolute atomic E-state index is 0.0288. The van der Waals surface area contributed by atoms with Gasteiger partial charge in [-0.25, -0.2) is 8.42 Å². The largest absolute Gasteiger partial charge is 0.398 e. The van der Waals surface area contributed by atoms with Crippen LogP contribution >= 0.6 is 0 Å². The van der Waals surface area contributed by atoms with Gasteiger partial charge in [-0.05, 0) is 13.0 Å². The Morgan fingerprint density at radius 2 is 2.10 bits per heavy atom. The van der Waals surface area contributed by atoms with Crippen molar-refractivity contribution in [2.75, 3.05) is 32.5 Å². The van der Waals surface area contributed by atoms with Crippen LogP contribution in [0.25, 0.3) is 0 Å². The van der Waals surface area contributed by atoms with Gasteiger partial charge in [0.15, 0.2) is 0 Å². The number of nitro benzene ring substituents is 1. The average molecular weight is 303 g/mol. The van der Waals surface area contributed by atoms with Crippen LogP contribution in [0.3, 0.4) is 0 Å². The second-order valence-electron chi connectivity index (χ2n) is 4.00. The molecule has 0 fully saturated rings. The molecule has 0 aromatic heterocycles. The molecule has 0 amide bonds. The van der Waals surface area contributed by atoms with Crippen LogP contribution in [0.1, 0.15) is 6.92 Å². The fraction of sp³-hybridized carbons (Fsp3) is 0.455. The summed E-state index contributed by atoms with van der Waals surface area (Å²) in [6.07, 6.45) is 0. The van der Waals surface area contributed by atoms with Crippen molar-refractivity contribution in [2.45, 2.75) is 11.8 Å². The number of nitro groups is 1. The van der Waals surface area contributed by atoms with Crippen molar-refractivity contribution < 1.29 is 18.1 Å². The number of sulfonamides is 1. The molecule has 0 aliphatic carbocycles. The number of hydrogen-bond donors (Lipinski definition) is 1. The maximum atomic E-state index is 12.3. The number of likely N-dealkylation sites (N-methyl/N-ethyl adjacent to an activating group) is 1. The second kappa shape index (κ2) is 6.64. The smallest absolute Gasteiger partial charge is 0.270 e. The van der Waals surface area contributed by atoms with E-state index >= 15 is 0 Å². The van der Waals surface area contributed by atoms with Crippen molar-refractivity contribution in [2.24, 2.45) is 0 Å². The van der Waals surface area contributed by atoms with E-state index in [4.69, 9.17) is 10.5 Å². The third-order valence-electron chi connectivity index (χ3n) is 2.65. The molecule has 1 aromatic carbocycles. The van der Waals surface area contributed by atoms with Gasteiger partial charge in [-0.1, -0.05) is 0 Å². The lowest BCUT2D eigenvalue weighted by Crippen LogP contribution is -2.30. The molecule has 0 aliphatic rings. The van der Waals surface area contributed by atoms with E-state index in [0.717, 1.165) is 16.4 Å². The number of nitrogens with zero attached hydrogens (tertiary/aromatic N) is 2. The number of benzene rings is 1. The molecule has 9 heteroatoms. The van der Waals surface area contributed by atoms with Gasteiger partial charge in [-0.15, -0.1) is 0 Å². The molecule has 20 heavy (non-hydrogen) atoms. The Morgan fingerprint density at radius 1 is 1.45 bits per heavy atom. The standard InChI is InChI=1S/C11H17N3O5S/c1-3-19-7-6-13(2)20(17,18)11-8-9(14(15)16)4-5-10(11)12/h4-5,8H,3,6-7,12H2,1-2H3. The summed E-state index contributed by atoms with van der Waals surface area (Å²) in [5.41, 5.74) is 5.26. The lowest BCUT2D eigenvalue weighted by atomic mass is 10.3. The third-order valence-corrected chi connectivity index (χ3v) is 4.56. The molecule has 0 bridgehead atoms. The highest BCUT2D eigenvalue weighted by molar-refractivity contribution is 7.89. The van der Waals surface area contributed by atoms with Gasteiger partial charge < -0.3 is 10.5 Å². The summed E-state index contributed by atoms with van der Waals surface area (Å²) in [5.74, 6) is 0. The highest BCUT2D eigenvalue weighted by Gasteiger charge is 2.25. The Morgan fingerprint density at radius 3 is 2.65 bits per heavy atom. The molecular weight excluding hydrogens is 286 g/mol. The Balaban J connectivity index is 3.08. The minimum atomic E-state index is -3.88. The second-order valence-corrected chi connectivity index (χ2v) is 6.02. The van der Waals surface area contributed by atoms with E-state index in [2.05, 4.69) is 0 Å². The first kappa shape index (κ1) is 16.3. The maximum Gasteiger partial charge on any atom is 0.270 e. The summed E-state index contributed by atoms with van der Waals surface area (Å²) in [7, 11) is -2.51. The van der Waals surface area contributed by atoms with Gasteiger partial charge in [0, 0.05) is 32.3 Å². The monoisotopic (exact) mass is 303 g/mol. The van der Waals surface area contributed by atoms with Crippen molar-refractivity contribution in [1.29, 1.82) is 0 Å². The van der Waals surface area contributed by atoms with E-state index in [1.807, 2.05) is 0 Å². The fourth-order valence-corrected chi connectivity index (χ4v) is 2.77. The van der Waals surface area contributed by atoms with Gasteiger partial charge in [0.2, 0.25) is 10.0 Å². The van der Waals surface area contributed by atoms with Crippen LogP contribution in [-0.4, -0.2) is 44.5 Å². The van der Waals surface area contributed by atoms with Gasteiger partial charge in [0.05, 0.1) is 17.2 Å². The van der Waals surface area contributed by atoms with E-state index in [-0.39, 0.29) is 29.4 Å². The summed E-state index contributed by atoms with van der Waals surface area (Å²) < 4.78 is 30.7. The van der Waals surface area contributed by atoms with E-state index in [1.165, 1.54) is 13.1 Å². The fourth-order valence-electron chi connectivity index (χ4n) is 1.49. The molecule has 0 aliphatic heterocycles. The third kappa shape index (κ3) is 3.65. The normalized spacial score (nSPS) is 11.8. The number of non-ortho nitro benzene ring substituents is 1. The van der Waals surface area contributed by atoms with E-state index in [1.54, 1.807) is 6.92 Å². The summed E-state index contributed by atoms with van der Waals surface area (Å²) in [6.45, 7) is 2.65. The van der Waals surface area contributed by atoms with E-state index in [9.17, 15) is 18.5 Å². The van der Waals surface area contributed by atoms with Gasteiger partial charge in [-0.3, -0.25) is 10.1 Å². The van der Waals surface area contributed by atoms with Crippen molar-refractivity contribution in [1.82, 2.24) is 4.31 Å². The van der Waals surface area contributed by atoms with Crippen LogP contribution in [0.4, 0.5) is 11.4 Å². The van der Waals surface area contributed by atoms with Crippen molar-refractivity contribution in [3.8, 4) is 0 Å². The first-order chi connectivity index (χ1) is 9.30. The number of anilines is 1. The summed E-state index contributed by atoms with van der Waals surface area (Å²) in [6, 6.07) is 3.33. The van der Waals surface area contributed by atoms with Gasteiger partial charge in [-0.2, -0.15) is 4.31 Å². The van der Waals surface area contributed by atoms with Crippen LogP contribution in [-0.2, 0) is 14.8 Å². The number of rotatable bonds is 7.